The van der Waals surface area contributed by atoms with Gasteiger partial charge in [-0.1, -0.05) is 0 Å². The van der Waals surface area contributed by atoms with Gasteiger partial charge in [0.2, 0.25) is 35.7 Å². The third kappa shape index (κ3) is 27.3. The van der Waals surface area contributed by atoms with Crippen molar-refractivity contribution >= 4 is 230 Å². The van der Waals surface area contributed by atoms with E-state index in [-0.39, 0.29) is 153 Å². The van der Waals surface area contributed by atoms with Gasteiger partial charge in [-0.2, -0.15) is 159 Å². The monoisotopic (exact) mass is 2140 g/mol. The number of anilines is 10. The van der Waals surface area contributed by atoms with Crippen molar-refractivity contribution in [2.24, 2.45) is 81.8 Å². The van der Waals surface area contributed by atoms with Crippen molar-refractivity contribution in [1.29, 1.82) is 0 Å². The molecule has 0 amide bonds. The molecule has 0 aliphatic carbocycles. The van der Waals surface area contributed by atoms with Gasteiger partial charge in [-0.15, -0.1) is 20.5 Å². The topological polar surface area (TPSA) is 765 Å². The van der Waals surface area contributed by atoms with E-state index in [1.54, 1.807) is 100 Å². The van der Waals surface area contributed by atoms with E-state index in [0.29, 0.717) is 45.0 Å². The van der Waals surface area contributed by atoms with E-state index >= 15 is 0 Å². The lowest BCUT2D eigenvalue weighted by Crippen LogP contribution is -2.48. The molecular weight excluding hydrogens is 2070 g/mol. The fourth-order valence-electron chi connectivity index (χ4n) is 13.3. The lowest BCUT2D eigenvalue weighted by Gasteiger charge is -2.35. The molecule has 0 atom stereocenters. The molecule has 1 aliphatic rings. The van der Waals surface area contributed by atoms with Gasteiger partial charge >= 0.3 is 0 Å². The SMILES string of the molecule is Cc1cc(Nc2nc(Nc3ccc(N=Nc4ccc(N=Nc5ccc(S(=O)(=O)O)cc5)cc4S(=O)(=O)O)c(C)c3)nc(N3CCN(c4nc(Nc5ccc(N=Nc6ccc(N=Nc7ccc(S(=O)(=O)O)cc7)cc6S(=O)(=O)O)c(C)c5)nc(Nc5ccc(N=Nc6ccc(N=Nc7ccc(S(=O)(=O)O)cc7)cc6S(=O)(=O)O)c(C)c5)n4)CC3)n2)ccc1N=Nc1ccc(N=Nc2ccc(S(=O)(=O)O)cc2)cc1S(=O)(=O)O. The minimum atomic E-state index is -4.98. The summed E-state index contributed by atoms with van der Waals surface area (Å²) < 4.78 is 273. The number of hydrogen-bond donors (Lipinski definition) is 12. The van der Waals surface area contributed by atoms with Gasteiger partial charge in [0.15, 0.2) is 0 Å². The van der Waals surface area contributed by atoms with Crippen molar-refractivity contribution < 1.29 is 104 Å². The molecule has 1 aliphatic heterocycles. The summed E-state index contributed by atoms with van der Waals surface area (Å²) in [6.45, 7) is 7.38. The molecule has 0 radical (unpaired) electrons. The molecule has 12 N–H and O–H groups in total. The van der Waals surface area contributed by atoms with E-state index < -0.39 is 120 Å². The van der Waals surface area contributed by atoms with Crippen LogP contribution in [0.15, 0.2) is 364 Å². The van der Waals surface area contributed by atoms with E-state index in [9.17, 15) is 104 Å². The number of piperazine rings is 1. The Kier molecular flexibility index (Phi) is 30.3. The number of aromatic nitrogens is 6. The number of benzene rings is 12. The van der Waals surface area contributed by atoms with Crippen LogP contribution in [0.25, 0.3) is 0 Å². The molecular formula is C86H72N28O24S8. The highest BCUT2D eigenvalue weighted by Gasteiger charge is 2.28. The number of nitrogens with one attached hydrogen (secondary N) is 4. The summed E-state index contributed by atoms with van der Waals surface area (Å²) >= 11 is 0. The second-order valence-electron chi connectivity index (χ2n) is 31.0. The van der Waals surface area contributed by atoms with Gasteiger partial charge in [0.05, 0.1) is 87.8 Å². The first-order valence-electron chi connectivity index (χ1n) is 41.5. The number of aryl methyl sites for hydroxylation is 4. The van der Waals surface area contributed by atoms with Crippen LogP contribution >= 0.6 is 0 Å². The van der Waals surface area contributed by atoms with Crippen molar-refractivity contribution in [2.45, 2.75) is 66.9 Å². The van der Waals surface area contributed by atoms with E-state index in [2.05, 4.69) is 103 Å². The molecule has 15 rings (SSSR count). The molecule has 14 aromatic rings. The number of rotatable bonds is 34. The summed E-state index contributed by atoms with van der Waals surface area (Å²) in [4.78, 5) is 28.3. The fourth-order valence-corrected chi connectivity index (χ4v) is 17.8. The summed E-state index contributed by atoms with van der Waals surface area (Å²) in [6, 6.07) is 51.7. The second-order valence-corrected chi connectivity index (χ2v) is 42.3. The molecule has 2 aromatic heterocycles. The van der Waals surface area contributed by atoms with Crippen molar-refractivity contribution in [3.8, 4) is 0 Å². The van der Waals surface area contributed by atoms with Gasteiger partial charge < -0.3 is 31.1 Å². The largest absolute Gasteiger partial charge is 0.337 e. The van der Waals surface area contributed by atoms with Crippen LogP contribution in [-0.2, 0) is 80.9 Å². The molecule has 0 unspecified atom stereocenters. The van der Waals surface area contributed by atoms with Gasteiger partial charge in [0.1, 0.15) is 42.3 Å². The first kappa shape index (κ1) is 104. The molecule has 0 bridgehead atoms. The van der Waals surface area contributed by atoms with Gasteiger partial charge in [-0.3, -0.25) is 36.4 Å². The summed E-state index contributed by atoms with van der Waals surface area (Å²) in [5.41, 5.74) is 3.45. The van der Waals surface area contributed by atoms with Crippen LogP contribution in [0.2, 0.25) is 0 Å². The van der Waals surface area contributed by atoms with Crippen LogP contribution in [0.1, 0.15) is 22.3 Å². The second kappa shape index (κ2) is 42.6. The number of nitrogens with zero attached hydrogens (tertiary/aromatic N) is 24. The Morgan fingerprint density at radius 1 is 0.205 bits per heavy atom. The summed E-state index contributed by atoms with van der Waals surface area (Å²) in [7, 11) is -38.0. The summed E-state index contributed by atoms with van der Waals surface area (Å²) in [6.07, 6.45) is 0. The Balaban J connectivity index is 0.714. The molecule has 146 heavy (non-hydrogen) atoms. The number of hydrogen-bond acceptors (Lipinski definition) is 44. The van der Waals surface area contributed by atoms with E-state index in [4.69, 9.17) is 29.9 Å². The van der Waals surface area contributed by atoms with Crippen LogP contribution in [-0.4, -0.2) is 160 Å². The van der Waals surface area contributed by atoms with Gasteiger partial charge in [0, 0.05) is 48.9 Å². The van der Waals surface area contributed by atoms with Gasteiger partial charge in [-0.25, -0.2) is 0 Å². The Labute approximate surface area is 829 Å². The lowest BCUT2D eigenvalue weighted by atomic mass is 10.2. The average Bonchev–Trinajstić information content (AvgIpc) is 1.06. The zero-order chi connectivity index (χ0) is 105. The molecule has 0 spiro atoms. The van der Waals surface area contributed by atoms with Crippen molar-refractivity contribution in [1.82, 2.24) is 29.9 Å². The zero-order valence-corrected chi connectivity index (χ0v) is 81.6. The van der Waals surface area contributed by atoms with Crippen LogP contribution < -0.4 is 31.1 Å². The molecule has 12 aromatic carbocycles. The van der Waals surface area contributed by atoms with Crippen LogP contribution in [0.5, 0.6) is 0 Å². The Bertz CT molecular complexity index is 7810. The summed E-state index contributed by atoms with van der Waals surface area (Å²) in [5.74, 6) is 0.198. The molecule has 0 saturated carbocycles. The first-order chi connectivity index (χ1) is 68.9. The van der Waals surface area contributed by atoms with Crippen LogP contribution in [0.3, 0.4) is 0 Å². The standard InChI is InChI=1S/C86H72N28O24S8/c1-49-41-57(13-29-69(49)105-109-73-33-17-61(45-77(73)143(127,128)129)101-97-53-5-21-65(22-6-53)139(115,116)117)87-81-91-82(88-58-14-30-70(50(2)42-58)106-110-74-34-18-62(46-78(74)144(130,131)132)102-98-54-7-23-66(24-8-54)140(118,119)120)94-85(93-81)113-37-39-114(40-38-113)86-95-83(89-59-15-31-71(51(3)43-59)107-111-75-35-19-63(47-79(75)145(133,134)135)103-99-55-9-25-67(26-10-55)141(121,122)123)92-84(96-86)90-60-16-32-72(52(4)44-60)108-112-76-36-20-64(48-80(76)146(136,137)138)104-100-56-11-27-68(28-12-56)142(124,125)126/h5-36,41-48H,37-40H2,1-4H3,(H,115,116,117)(H,118,119,120)(H,121,122,123)(H,124,125,126)(H,127,128,129)(H,130,131,132)(H,133,134,135)(H,136,137,138)(H2,87,88,91,93,94)(H2,89,90,92,95,96). The predicted octanol–water partition coefficient (Wildman–Crippen LogP) is 20.9. The van der Waals surface area contributed by atoms with E-state index in [1.165, 1.54) is 97.1 Å². The minimum absolute atomic E-state index is 0.0154. The quantitative estimate of drug-likeness (QED) is 0.0132. The zero-order valence-electron chi connectivity index (χ0n) is 75.0. The maximum atomic E-state index is 12.8. The van der Waals surface area contributed by atoms with Gasteiger partial charge in [-0.05, 0) is 293 Å². The molecule has 52 nitrogen and oxygen atoms in total. The highest BCUT2D eigenvalue weighted by molar-refractivity contribution is 7.87. The molecule has 748 valence electrons. The highest BCUT2D eigenvalue weighted by atomic mass is 32.2. The predicted molar refractivity (Wildman–Crippen MR) is 525 cm³/mol. The minimum Gasteiger partial charge on any atom is -0.337 e. The Morgan fingerprint density at radius 3 is 0.555 bits per heavy atom. The van der Waals surface area contributed by atoms with Crippen LogP contribution in [0, 0.1) is 27.7 Å². The Morgan fingerprint density at radius 2 is 0.377 bits per heavy atom. The molecule has 1 fully saturated rings. The maximum absolute atomic E-state index is 12.8. The molecule has 60 heteroatoms. The lowest BCUT2D eigenvalue weighted by molar-refractivity contribution is 0.481. The maximum Gasteiger partial charge on any atom is 0.296 e. The van der Waals surface area contributed by atoms with Crippen molar-refractivity contribution in [3.63, 3.8) is 0 Å². The van der Waals surface area contributed by atoms with E-state index in [1.807, 2.05) is 9.80 Å². The molecule has 3 heterocycles. The fraction of sp³-hybridized carbons (Fsp3) is 0.0930. The smallest absolute Gasteiger partial charge is 0.296 e. The molecule has 1 saturated heterocycles. The summed E-state index contributed by atoms with van der Waals surface area (Å²) in [5, 5.41) is 78.4. The third-order valence-electron chi connectivity index (χ3n) is 20.5. The first-order valence-corrected chi connectivity index (χ1v) is 53.0. The van der Waals surface area contributed by atoms with Crippen molar-refractivity contribution in [3.05, 3.63) is 265 Å². The Hall–Kier alpha value is -16.5. The average molecular weight is 2140 g/mol. The van der Waals surface area contributed by atoms with Crippen LogP contribution in [0.4, 0.5) is 149 Å². The number of azo groups is 8. The highest BCUT2D eigenvalue weighted by Crippen LogP contribution is 2.41. The van der Waals surface area contributed by atoms with Crippen molar-refractivity contribution in [2.75, 3.05) is 57.2 Å². The normalized spacial score (nSPS) is 13.4. The third-order valence-corrected chi connectivity index (χ3v) is 27.5. The van der Waals surface area contributed by atoms with E-state index in [0.717, 1.165) is 72.8 Å². The van der Waals surface area contributed by atoms with Gasteiger partial charge in [0.25, 0.3) is 80.9 Å².